The minimum Gasteiger partial charge on any atom is -0.369 e. The minimum absolute atomic E-state index is 0.141. The lowest BCUT2D eigenvalue weighted by molar-refractivity contribution is 0.0129. The number of aliphatic imine (C=N–C) groups is 1. The maximum absolute atomic E-state index is 10.1. The lowest BCUT2D eigenvalue weighted by atomic mass is 10.0. The van der Waals surface area contributed by atoms with E-state index in [0.29, 0.717) is 5.84 Å². The van der Waals surface area contributed by atoms with E-state index in [4.69, 9.17) is 4.99 Å². The molecule has 0 fully saturated rings. The summed E-state index contributed by atoms with van der Waals surface area (Å²) in [6.07, 6.45) is 3.70. The molecule has 1 heterocycles. The predicted octanol–water partition coefficient (Wildman–Crippen LogP) is 3.83. The highest BCUT2D eigenvalue weighted by Gasteiger charge is 2.20. The van der Waals surface area contributed by atoms with Crippen LogP contribution in [-0.2, 0) is 0 Å². The van der Waals surface area contributed by atoms with Gasteiger partial charge in [-0.1, -0.05) is 67.6 Å². The summed E-state index contributed by atoms with van der Waals surface area (Å²) in [5.74, 6) is 0.591. The van der Waals surface area contributed by atoms with E-state index in [1.807, 2.05) is 67.6 Å². The zero-order valence-corrected chi connectivity index (χ0v) is 14.6. The molecular formula is C21H23N3O. The number of hydrogen-bond donors (Lipinski definition) is 1. The van der Waals surface area contributed by atoms with Gasteiger partial charge in [-0.25, -0.2) is 4.99 Å². The van der Waals surface area contributed by atoms with Gasteiger partial charge in [0.1, 0.15) is 0 Å². The second-order valence-electron chi connectivity index (χ2n) is 6.06. The van der Waals surface area contributed by atoms with Crippen molar-refractivity contribution in [1.82, 2.24) is 5.01 Å². The third-order valence-corrected chi connectivity index (χ3v) is 4.27. The van der Waals surface area contributed by atoms with E-state index in [9.17, 15) is 5.11 Å². The third-order valence-electron chi connectivity index (χ3n) is 4.27. The molecule has 2 aromatic rings. The maximum atomic E-state index is 10.1. The van der Waals surface area contributed by atoms with Gasteiger partial charge in [0.25, 0.3) is 0 Å². The summed E-state index contributed by atoms with van der Waals surface area (Å²) in [5, 5.41) is 16.4. The highest BCUT2D eigenvalue weighted by atomic mass is 16.3. The van der Waals surface area contributed by atoms with E-state index >= 15 is 0 Å². The number of rotatable bonds is 4. The summed E-state index contributed by atoms with van der Waals surface area (Å²) in [7, 11) is 0. The molecule has 0 amide bonds. The molecular weight excluding hydrogens is 310 g/mol. The first kappa shape index (κ1) is 17.1. The van der Waals surface area contributed by atoms with E-state index in [0.717, 1.165) is 23.3 Å². The monoisotopic (exact) mass is 333 g/mol. The van der Waals surface area contributed by atoms with Crippen molar-refractivity contribution in [1.29, 1.82) is 0 Å². The maximum Gasteiger partial charge on any atom is 0.172 e. The summed E-state index contributed by atoms with van der Waals surface area (Å²) in [5.41, 5.74) is 2.93. The number of aliphatic hydroxyl groups is 1. The van der Waals surface area contributed by atoms with E-state index in [1.54, 1.807) is 17.2 Å². The summed E-state index contributed by atoms with van der Waals surface area (Å²) in [4.78, 5) is 4.80. The van der Waals surface area contributed by atoms with Crippen LogP contribution < -0.4 is 0 Å². The molecule has 3 rings (SSSR count). The second-order valence-corrected chi connectivity index (χ2v) is 6.06. The number of amidine groups is 1. The van der Waals surface area contributed by atoms with Crippen LogP contribution in [0.4, 0.5) is 0 Å². The first-order valence-corrected chi connectivity index (χ1v) is 8.61. The number of aliphatic hydroxyl groups excluding tert-OH is 1. The van der Waals surface area contributed by atoms with Gasteiger partial charge in [-0.15, -0.1) is 0 Å². The van der Waals surface area contributed by atoms with Crippen molar-refractivity contribution in [2.45, 2.75) is 32.5 Å². The minimum atomic E-state index is -0.703. The number of nitrogens with zero attached hydrogens (tertiary/aromatic N) is 3. The zero-order valence-electron chi connectivity index (χ0n) is 14.6. The molecule has 0 aliphatic carbocycles. The molecule has 2 unspecified atom stereocenters. The van der Waals surface area contributed by atoms with E-state index < -0.39 is 6.23 Å². The molecule has 0 saturated heterocycles. The summed E-state index contributed by atoms with van der Waals surface area (Å²) in [6.45, 7) is 4.12. The Balaban J connectivity index is 2.03. The molecule has 4 heteroatoms. The van der Waals surface area contributed by atoms with Gasteiger partial charge < -0.3 is 5.11 Å². The van der Waals surface area contributed by atoms with Crippen molar-refractivity contribution in [3.8, 4) is 0 Å². The van der Waals surface area contributed by atoms with E-state index in [-0.39, 0.29) is 6.04 Å². The van der Waals surface area contributed by atoms with Gasteiger partial charge in [0, 0.05) is 17.2 Å². The van der Waals surface area contributed by atoms with Gasteiger partial charge in [-0.3, -0.25) is 5.01 Å². The SMILES string of the molecule is CCC(C)N1N=C(N=C(c2ccccc2)c2ccccc2)C=CC1O. The van der Waals surface area contributed by atoms with Gasteiger partial charge >= 0.3 is 0 Å². The molecule has 128 valence electrons. The van der Waals surface area contributed by atoms with Crippen LogP contribution in [0.1, 0.15) is 31.4 Å². The Bertz CT molecular complexity index is 740. The third kappa shape index (κ3) is 4.03. The molecule has 0 bridgehead atoms. The van der Waals surface area contributed by atoms with E-state index in [2.05, 4.69) is 12.0 Å². The van der Waals surface area contributed by atoms with Crippen molar-refractivity contribution in [3.05, 3.63) is 83.9 Å². The van der Waals surface area contributed by atoms with Gasteiger partial charge in [0.15, 0.2) is 12.1 Å². The van der Waals surface area contributed by atoms with Crippen LogP contribution in [0.5, 0.6) is 0 Å². The molecule has 1 aliphatic heterocycles. The number of hydrogen-bond acceptors (Lipinski definition) is 4. The first-order valence-electron chi connectivity index (χ1n) is 8.61. The summed E-state index contributed by atoms with van der Waals surface area (Å²) >= 11 is 0. The lowest BCUT2D eigenvalue weighted by Gasteiger charge is -2.30. The Kier molecular flexibility index (Phi) is 5.41. The average Bonchev–Trinajstić information content (AvgIpc) is 2.68. The van der Waals surface area contributed by atoms with Crippen LogP contribution in [0.3, 0.4) is 0 Å². The van der Waals surface area contributed by atoms with Gasteiger partial charge in [-0.05, 0) is 25.5 Å². The van der Waals surface area contributed by atoms with E-state index in [1.165, 1.54) is 0 Å². The number of benzene rings is 2. The topological polar surface area (TPSA) is 48.2 Å². The molecule has 0 saturated carbocycles. The molecule has 0 radical (unpaired) electrons. The summed E-state index contributed by atoms with van der Waals surface area (Å²) < 4.78 is 0. The molecule has 0 aromatic heterocycles. The molecule has 2 atom stereocenters. The van der Waals surface area contributed by atoms with Crippen LogP contribution in [0.15, 0.2) is 82.9 Å². The molecule has 4 nitrogen and oxygen atoms in total. The Labute approximate surface area is 148 Å². The van der Waals surface area contributed by atoms with Crippen molar-refractivity contribution in [2.24, 2.45) is 10.1 Å². The first-order chi connectivity index (χ1) is 12.2. The normalized spacial score (nSPS) is 17.8. The van der Waals surface area contributed by atoms with Crippen LogP contribution in [-0.4, -0.2) is 33.9 Å². The van der Waals surface area contributed by atoms with Crippen LogP contribution in [0.2, 0.25) is 0 Å². The smallest absolute Gasteiger partial charge is 0.172 e. The van der Waals surface area contributed by atoms with Crippen molar-refractivity contribution >= 4 is 11.5 Å². The van der Waals surface area contributed by atoms with Crippen LogP contribution in [0, 0.1) is 0 Å². The molecule has 25 heavy (non-hydrogen) atoms. The van der Waals surface area contributed by atoms with Crippen molar-refractivity contribution in [3.63, 3.8) is 0 Å². The molecule has 1 N–H and O–H groups in total. The van der Waals surface area contributed by atoms with Crippen LogP contribution in [0.25, 0.3) is 0 Å². The Morgan fingerprint density at radius 1 is 1.08 bits per heavy atom. The second kappa shape index (κ2) is 7.90. The predicted molar refractivity (Wildman–Crippen MR) is 103 cm³/mol. The quantitative estimate of drug-likeness (QED) is 0.865. The fourth-order valence-corrected chi connectivity index (χ4v) is 2.68. The molecule has 2 aromatic carbocycles. The Hall–Kier alpha value is -2.72. The lowest BCUT2D eigenvalue weighted by Crippen LogP contribution is -2.38. The summed E-state index contributed by atoms with van der Waals surface area (Å²) in [6, 6.07) is 20.3. The Morgan fingerprint density at radius 3 is 2.16 bits per heavy atom. The van der Waals surface area contributed by atoms with Gasteiger partial charge in [0.2, 0.25) is 0 Å². The molecule has 1 aliphatic rings. The highest BCUT2D eigenvalue weighted by molar-refractivity contribution is 6.18. The van der Waals surface area contributed by atoms with Crippen LogP contribution >= 0.6 is 0 Å². The fraction of sp³-hybridized carbons (Fsp3) is 0.238. The zero-order chi connectivity index (χ0) is 17.6. The number of hydrazone groups is 1. The van der Waals surface area contributed by atoms with Gasteiger partial charge in [-0.2, -0.15) is 5.10 Å². The van der Waals surface area contributed by atoms with Crippen molar-refractivity contribution < 1.29 is 5.11 Å². The molecule has 0 spiro atoms. The average molecular weight is 333 g/mol. The largest absolute Gasteiger partial charge is 0.369 e. The van der Waals surface area contributed by atoms with Crippen molar-refractivity contribution in [2.75, 3.05) is 0 Å². The standard InChI is InChI=1S/C21H23N3O/c1-3-16(2)24-20(25)15-14-19(23-24)22-21(17-10-6-4-7-11-17)18-12-8-5-9-13-18/h4-16,20,25H,3H2,1-2H3. The highest BCUT2D eigenvalue weighted by Crippen LogP contribution is 2.16. The van der Waals surface area contributed by atoms with Gasteiger partial charge in [0.05, 0.1) is 5.71 Å². The Morgan fingerprint density at radius 2 is 1.64 bits per heavy atom. The fourth-order valence-electron chi connectivity index (χ4n) is 2.68.